The number of carbonyl (C=O) groups is 1. The number of amides is 1. The van der Waals surface area contributed by atoms with Gasteiger partial charge < -0.3 is 20.3 Å². The van der Waals surface area contributed by atoms with E-state index in [2.05, 4.69) is 25.5 Å². The molecule has 21 heavy (non-hydrogen) atoms. The zero-order chi connectivity index (χ0) is 15.5. The summed E-state index contributed by atoms with van der Waals surface area (Å²) in [5, 5.41) is 5.99. The van der Waals surface area contributed by atoms with E-state index in [-0.39, 0.29) is 5.91 Å². The van der Waals surface area contributed by atoms with Crippen molar-refractivity contribution in [3.8, 4) is 0 Å². The van der Waals surface area contributed by atoms with Crippen molar-refractivity contribution in [2.24, 2.45) is 0 Å². The molecule has 0 radical (unpaired) electrons. The summed E-state index contributed by atoms with van der Waals surface area (Å²) in [4.78, 5) is 22.1. The fourth-order valence-electron chi connectivity index (χ4n) is 1.70. The van der Waals surface area contributed by atoms with Gasteiger partial charge in [-0.15, -0.1) is 0 Å². The summed E-state index contributed by atoms with van der Waals surface area (Å²) < 4.78 is 4.93. The van der Waals surface area contributed by atoms with Crippen molar-refractivity contribution >= 4 is 11.7 Å². The van der Waals surface area contributed by atoms with Gasteiger partial charge in [-0.1, -0.05) is 0 Å². The van der Waals surface area contributed by atoms with Crippen LogP contribution in [0.3, 0.4) is 0 Å². The van der Waals surface area contributed by atoms with Gasteiger partial charge in [-0.3, -0.25) is 4.79 Å². The second-order valence-corrected chi connectivity index (χ2v) is 4.97. The lowest BCUT2D eigenvalue weighted by atomic mass is 10.3. The van der Waals surface area contributed by atoms with Crippen LogP contribution in [0.15, 0.2) is 12.4 Å². The van der Waals surface area contributed by atoms with E-state index < -0.39 is 0 Å². The van der Waals surface area contributed by atoms with E-state index in [1.165, 1.54) is 6.33 Å². The number of hydrogen-bond acceptors (Lipinski definition) is 6. The van der Waals surface area contributed by atoms with Gasteiger partial charge in [-0.2, -0.15) is 0 Å². The van der Waals surface area contributed by atoms with Gasteiger partial charge in [-0.25, -0.2) is 9.97 Å². The molecule has 0 aromatic carbocycles. The molecule has 0 fully saturated rings. The highest BCUT2D eigenvalue weighted by Crippen LogP contribution is 2.04. The quantitative estimate of drug-likeness (QED) is 0.616. The Hall–Kier alpha value is -1.73. The molecule has 0 saturated heterocycles. The Morgan fingerprint density at radius 2 is 2.10 bits per heavy atom. The van der Waals surface area contributed by atoms with Crippen LogP contribution in [0, 0.1) is 0 Å². The predicted octanol–water partition coefficient (Wildman–Crippen LogP) is 0.607. The van der Waals surface area contributed by atoms with Gasteiger partial charge in [0, 0.05) is 32.9 Å². The normalized spacial score (nSPS) is 10.7. The summed E-state index contributed by atoms with van der Waals surface area (Å²) in [7, 11) is 5.72. The van der Waals surface area contributed by atoms with E-state index in [4.69, 9.17) is 4.74 Å². The van der Waals surface area contributed by atoms with Crippen LogP contribution in [0.4, 0.5) is 5.82 Å². The zero-order valence-corrected chi connectivity index (χ0v) is 13.1. The molecule has 1 amide bonds. The zero-order valence-electron chi connectivity index (χ0n) is 13.1. The monoisotopic (exact) mass is 295 g/mol. The molecule has 0 aliphatic carbocycles. The molecular weight excluding hydrogens is 270 g/mol. The molecule has 118 valence electrons. The van der Waals surface area contributed by atoms with Crippen LogP contribution < -0.4 is 10.6 Å². The second-order valence-electron chi connectivity index (χ2n) is 4.97. The minimum atomic E-state index is -0.190. The molecule has 0 saturated carbocycles. The highest BCUT2D eigenvalue weighted by atomic mass is 16.5. The minimum Gasteiger partial charge on any atom is -0.385 e. The van der Waals surface area contributed by atoms with E-state index in [1.54, 1.807) is 13.2 Å². The smallest absolute Gasteiger partial charge is 0.270 e. The average Bonchev–Trinajstić information content (AvgIpc) is 2.48. The van der Waals surface area contributed by atoms with Crippen LogP contribution >= 0.6 is 0 Å². The molecule has 2 N–H and O–H groups in total. The SMILES string of the molecule is COCCCNC(=O)c1cc(NCCCN(C)C)ncn1. The first-order valence-corrected chi connectivity index (χ1v) is 7.11. The van der Waals surface area contributed by atoms with E-state index in [9.17, 15) is 4.79 Å². The number of carbonyl (C=O) groups excluding carboxylic acids is 1. The van der Waals surface area contributed by atoms with Gasteiger partial charge in [0.15, 0.2) is 0 Å². The summed E-state index contributed by atoms with van der Waals surface area (Å²) in [6.45, 7) is 3.01. The minimum absolute atomic E-state index is 0.190. The molecular formula is C14H25N5O2. The van der Waals surface area contributed by atoms with Crippen LogP contribution in [0.25, 0.3) is 0 Å². The van der Waals surface area contributed by atoms with E-state index in [0.29, 0.717) is 24.7 Å². The first kappa shape index (κ1) is 17.3. The number of methoxy groups -OCH3 is 1. The Morgan fingerprint density at radius 1 is 1.29 bits per heavy atom. The maximum Gasteiger partial charge on any atom is 0.270 e. The fraction of sp³-hybridized carbons (Fsp3) is 0.643. The van der Waals surface area contributed by atoms with Crippen molar-refractivity contribution in [3.63, 3.8) is 0 Å². The predicted molar refractivity (Wildman–Crippen MR) is 82.5 cm³/mol. The highest BCUT2D eigenvalue weighted by molar-refractivity contribution is 5.92. The summed E-state index contributed by atoms with van der Waals surface area (Å²) >= 11 is 0. The fourth-order valence-corrected chi connectivity index (χ4v) is 1.70. The molecule has 0 atom stereocenters. The molecule has 7 nitrogen and oxygen atoms in total. The molecule has 1 heterocycles. The molecule has 0 aliphatic heterocycles. The van der Waals surface area contributed by atoms with Crippen LogP contribution in [0.1, 0.15) is 23.3 Å². The molecule has 1 aromatic heterocycles. The third-order valence-corrected chi connectivity index (χ3v) is 2.80. The Balaban J connectivity index is 2.38. The molecule has 0 bridgehead atoms. The number of aromatic nitrogens is 2. The molecule has 0 unspecified atom stereocenters. The lowest BCUT2D eigenvalue weighted by Crippen LogP contribution is -2.26. The Bertz CT molecular complexity index is 426. The Kier molecular flexibility index (Phi) is 8.30. The highest BCUT2D eigenvalue weighted by Gasteiger charge is 2.07. The van der Waals surface area contributed by atoms with Crippen molar-refractivity contribution in [1.29, 1.82) is 0 Å². The number of rotatable bonds is 10. The Labute approximate surface area is 126 Å². The molecule has 1 rings (SSSR count). The second kappa shape index (κ2) is 10.1. The molecule has 0 spiro atoms. The van der Waals surface area contributed by atoms with Crippen LogP contribution in [-0.2, 0) is 4.74 Å². The van der Waals surface area contributed by atoms with Crippen molar-refractivity contribution in [3.05, 3.63) is 18.1 Å². The maximum atomic E-state index is 11.9. The Morgan fingerprint density at radius 3 is 2.81 bits per heavy atom. The lowest BCUT2D eigenvalue weighted by Gasteiger charge is -2.10. The van der Waals surface area contributed by atoms with Gasteiger partial charge in [0.05, 0.1) is 0 Å². The van der Waals surface area contributed by atoms with E-state index in [0.717, 1.165) is 25.9 Å². The number of hydrogen-bond donors (Lipinski definition) is 2. The summed E-state index contributed by atoms with van der Waals surface area (Å²) in [5.41, 5.74) is 0.373. The van der Waals surface area contributed by atoms with Gasteiger partial charge in [0.1, 0.15) is 17.8 Å². The van der Waals surface area contributed by atoms with Crippen molar-refractivity contribution in [2.45, 2.75) is 12.8 Å². The lowest BCUT2D eigenvalue weighted by molar-refractivity contribution is 0.0943. The van der Waals surface area contributed by atoms with Crippen molar-refractivity contribution < 1.29 is 9.53 Å². The largest absolute Gasteiger partial charge is 0.385 e. The van der Waals surface area contributed by atoms with Crippen molar-refractivity contribution in [2.75, 3.05) is 52.8 Å². The molecule has 7 heteroatoms. The number of anilines is 1. The van der Waals surface area contributed by atoms with Gasteiger partial charge in [-0.05, 0) is 33.5 Å². The number of nitrogens with one attached hydrogen (secondary N) is 2. The number of nitrogens with zero attached hydrogens (tertiary/aromatic N) is 3. The first-order valence-electron chi connectivity index (χ1n) is 7.11. The van der Waals surface area contributed by atoms with E-state index >= 15 is 0 Å². The standard InChI is InChI=1S/C14H25N5O2/c1-19(2)8-4-6-15-13-10-12(17-11-18-13)14(20)16-7-5-9-21-3/h10-11H,4-9H2,1-3H3,(H,16,20)(H,15,17,18). The summed E-state index contributed by atoms with van der Waals surface area (Å²) in [5.74, 6) is 0.482. The molecule has 0 aliphatic rings. The van der Waals surface area contributed by atoms with Gasteiger partial charge >= 0.3 is 0 Å². The maximum absolute atomic E-state index is 11.9. The average molecular weight is 295 g/mol. The number of ether oxygens (including phenoxy) is 1. The van der Waals surface area contributed by atoms with Crippen LogP contribution in [0.5, 0.6) is 0 Å². The van der Waals surface area contributed by atoms with Gasteiger partial charge in [0.25, 0.3) is 5.91 Å². The van der Waals surface area contributed by atoms with Crippen LogP contribution in [-0.4, -0.2) is 68.2 Å². The molecule has 1 aromatic rings. The van der Waals surface area contributed by atoms with E-state index in [1.807, 2.05) is 14.1 Å². The summed E-state index contributed by atoms with van der Waals surface area (Å²) in [6.07, 6.45) is 3.19. The topological polar surface area (TPSA) is 79.4 Å². The third-order valence-electron chi connectivity index (χ3n) is 2.80. The van der Waals surface area contributed by atoms with Crippen LogP contribution in [0.2, 0.25) is 0 Å². The third kappa shape index (κ3) is 7.57. The summed E-state index contributed by atoms with van der Waals surface area (Å²) in [6, 6.07) is 1.67. The van der Waals surface area contributed by atoms with Gasteiger partial charge in [0.2, 0.25) is 0 Å². The van der Waals surface area contributed by atoms with Crippen molar-refractivity contribution in [1.82, 2.24) is 20.2 Å². The first-order chi connectivity index (χ1) is 10.1.